The van der Waals surface area contributed by atoms with Gasteiger partial charge in [0.1, 0.15) is 11.6 Å². The summed E-state index contributed by atoms with van der Waals surface area (Å²) in [5.74, 6) is 1.09. The molecule has 2 rings (SSSR count). The van der Waals surface area contributed by atoms with Gasteiger partial charge in [-0.1, -0.05) is 13.8 Å². The van der Waals surface area contributed by atoms with E-state index in [-0.39, 0.29) is 17.9 Å². The number of hydrogen-bond acceptors (Lipinski definition) is 4. The van der Waals surface area contributed by atoms with Crippen molar-refractivity contribution in [1.82, 2.24) is 5.32 Å². The van der Waals surface area contributed by atoms with E-state index in [1.807, 2.05) is 26.8 Å². The van der Waals surface area contributed by atoms with Crippen LogP contribution in [0.2, 0.25) is 0 Å². The van der Waals surface area contributed by atoms with Gasteiger partial charge in [0.25, 0.3) is 0 Å². The van der Waals surface area contributed by atoms with Crippen LogP contribution < -0.4 is 15.8 Å². The van der Waals surface area contributed by atoms with Gasteiger partial charge in [0.2, 0.25) is 5.91 Å². The van der Waals surface area contributed by atoms with Gasteiger partial charge in [-0.2, -0.15) is 0 Å². The topological polar surface area (TPSA) is 76.7 Å². The first kappa shape index (κ1) is 14.4. The van der Waals surface area contributed by atoms with Gasteiger partial charge in [0.05, 0.1) is 24.1 Å². The first-order chi connectivity index (χ1) is 9.52. The molecule has 2 atom stereocenters. The Balaban J connectivity index is 2.38. The summed E-state index contributed by atoms with van der Waals surface area (Å²) in [5.41, 5.74) is 7.20. The summed E-state index contributed by atoms with van der Waals surface area (Å²) in [5, 5.41) is 2.83. The van der Waals surface area contributed by atoms with Crippen LogP contribution in [-0.4, -0.2) is 24.4 Å². The number of carbonyl (C=O) groups is 1. The molecule has 3 N–H and O–H groups in total. The largest absolute Gasteiger partial charge is 0.493 e. The number of nitrogens with zero attached hydrogens (tertiary/aromatic N) is 1. The molecule has 0 saturated carbocycles. The lowest BCUT2D eigenvalue weighted by Gasteiger charge is -2.25. The zero-order chi connectivity index (χ0) is 14.7. The maximum absolute atomic E-state index is 11.9. The van der Waals surface area contributed by atoms with Gasteiger partial charge in [0, 0.05) is 5.69 Å². The van der Waals surface area contributed by atoms with Gasteiger partial charge in [-0.15, -0.1) is 0 Å². The predicted molar refractivity (Wildman–Crippen MR) is 79.9 cm³/mol. The Kier molecular flexibility index (Phi) is 4.27. The van der Waals surface area contributed by atoms with Crippen molar-refractivity contribution in [2.45, 2.75) is 33.2 Å². The van der Waals surface area contributed by atoms with Crippen LogP contribution in [0.15, 0.2) is 23.2 Å². The molecule has 20 heavy (non-hydrogen) atoms. The van der Waals surface area contributed by atoms with Crippen LogP contribution in [0.25, 0.3) is 0 Å². The highest BCUT2D eigenvalue weighted by Crippen LogP contribution is 2.24. The van der Waals surface area contributed by atoms with Crippen molar-refractivity contribution in [3.8, 4) is 5.75 Å². The van der Waals surface area contributed by atoms with E-state index in [9.17, 15) is 4.79 Å². The molecule has 0 spiro atoms. The van der Waals surface area contributed by atoms with Crippen LogP contribution in [-0.2, 0) is 4.79 Å². The number of amides is 1. The molecule has 108 valence electrons. The summed E-state index contributed by atoms with van der Waals surface area (Å²) >= 11 is 0. The Morgan fingerprint density at radius 2 is 2.15 bits per heavy atom. The lowest BCUT2D eigenvalue weighted by molar-refractivity contribution is -0.123. The molecule has 5 nitrogen and oxygen atoms in total. The molecular weight excluding hydrogens is 254 g/mol. The van der Waals surface area contributed by atoms with Gasteiger partial charge >= 0.3 is 0 Å². The molecule has 0 radical (unpaired) electrons. The van der Waals surface area contributed by atoms with Crippen LogP contribution in [0.5, 0.6) is 5.75 Å². The van der Waals surface area contributed by atoms with Gasteiger partial charge in [-0.25, -0.2) is 0 Å². The zero-order valence-electron chi connectivity index (χ0n) is 12.1. The number of hydrogen-bond donors (Lipinski definition) is 2. The van der Waals surface area contributed by atoms with Gasteiger partial charge in [-0.05, 0) is 31.5 Å². The van der Waals surface area contributed by atoms with Crippen molar-refractivity contribution in [1.29, 1.82) is 0 Å². The maximum atomic E-state index is 11.9. The van der Waals surface area contributed by atoms with Gasteiger partial charge in [0.15, 0.2) is 0 Å². The van der Waals surface area contributed by atoms with E-state index in [0.717, 1.165) is 12.0 Å². The summed E-state index contributed by atoms with van der Waals surface area (Å²) in [6.45, 7) is 6.46. The number of aliphatic imine (C=N–C) groups is 1. The number of nitrogens with one attached hydrogen (secondary N) is 1. The van der Waals surface area contributed by atoms with Crippen LogP contribution >= 0.6 is 0 Å². The number of amidine groups is 1. The monoisotopic (exact) mass is 275 g/mol. The minimum absolute atomic E-state index is 0.0219. The number of nitrogens with two attached hydrogens (primary N) is 1. The Bertz CT molecular complexity index is 540. The van der Waals surface area contributed by atoms with E-state index < -0.39 is 0 Å². The minimum atomic E-state index is -0.125. The number of nitrogen functional groups attached to an aromatic ring is 1. The van der Waals surface area contributed by atoms with Crippen LogP contribution in [0.3, 0.4) is 0 Å². The normalized spacial score (nSPS) is 22.1. The predicted octanol–water partition coefficient (Wildman–Crippen LogP) is 1.96. The first-order valence-corrected chi connectivity index (χ1v) is 6.94. The Morgan fingerprint density at radius 3 is 2.80 bits per heavy atom. The van der Waals surface area contributed by atoms with E-state index in [4.69, 9.17) is 10.5 Å². The van der Waals surface area contributed by atoms with E-state index in [2.05, 4.69) is 10.3 Å². The Labute approximate surface area is 119 Å². The molecule has 0 fully saturated rings. The molecular formula is C15H21N3O2. The van der Waals surface area contributed by atoms with Crippen LogP contribution in [0.1, 0.15) is 32.8 Å². The fraction of sp³-hybridized carbons (Fsp3) is 0.467. The molecule has 1 heterocycles. The van der Waals surface area contributed by atoms with Crippen LogP contribution in [0, 0.1) is 5.92 Å². The number of ether oxygens (including phenoxy) is 1. The number of carbonyl (C=O) groups excluding carboxylic acids is 1. The molecule has 0 aromatic heterocycles. The molecule has 0 saturated heterocycles. The summed E-state index contributed by atoms with van der Waals surface area (Å²) in [6, 6.07) is 5.33. The quantitative estimate of drug-likeness (QED) is 0.825. The number of benzene rings is 1. The molecule has 5 heteroatoms. The zero-order valence-corrected chi connectivity index (χ0v) is 12.1. The van der Waals surface area contributed by atoms with Crippen molar-refractivity contribution in [3.63, 3.8) is 0 Å². The van der Waals surface area contributed by atoms with Crippen molar-refractivity contribution in [2.24, 2.45) is 10.9 Å². The second kappa shape index (κ2) is 5.94. The highest BCUT2D eigenvalue weighted by molar-refractivity contribution is 6.11. The molecule has 1 amide bonds. The van der Waals surface area contributed by atoms with E-state index >= 15 is 0 Å². The van der Waals surface area contributed by atoms with Gasteiger partial charge in [-0.3, -0.25) is 9.79 Å². The van der Waals surface area contributed by atoms with E-state index in [0.29, 0.717) is 23.9 Å². The van der Waals surface area contributed by atoms with Gasteiger partial charge < -0.3 is 15.8 Å². The summed E-state index contributed by atoms with van der Waals surface area (Å²) in [6.07, 6.45) is 0.913. The summed E-state index contributed by atoms with van der Waals surface area (Å²) < 4.78 is 5.70. The second-order valence-corrected chi connectivity index (χ2v) is 5.10. The lowest BCUT2D eigenvalue weighted by Crippen LogP contribution is -2.44. The summed E-state index contributed by atoms with van der Waals surface area (Å²) in [4.78, 5) is 16.5. The molecule has 0 bridgehead atoms. The molecule has 0 aliphatic carbocycles. The fourth-order valence-electron chi connectivity index (χ4n) is 2.00. The van der Waals surface area contributed by atoms with E-state index in [1.165, 1.54) is 0 Å². The third-order valence-corrected chi connectivity index (χ3v) is 3.43. The van der Waals surface area contributed by atoms with E-state index in [1.54, 1.807) is 12.1 Å². The molecule has 1 aliphatic heterocycles. The molecule has 2 unspecified atom stereocenters. The third kappa shape index (κ3) is 2.92. The van der Waals surface area contributed by atoms with Crippen molar-refractivity contribution in [2.75, 3.05) is 12.3 Å². The molecule has 1 aliphatic rings. The fourth-order valence-corrected chi connectivity index (χ4v) is 2.00. The lowest BCUT2D eigenvalue weighted by atomic mass is 10.00. The Hall–Kier alpha value is -2.04. The van der Waals surface area contributed by atoms with Crippen molar-refractivity contribution in [3.05, 3.63) is 23.8 Å². The van der Waals surface area contributed by atoms with Crippen LogP contribution in [0.4, 0.5) is 5.69 Å². The standard InChI is InChI=1S/C15H21N3O2/c1-4-7-20-13-6-5-11(16)8-12(13)14-17-10(3)9(2)15(19)18-14/h5-6,8-10H,4,7,16H2,1-3H3,(H,17,18,19). The minimum Gasteiger partial charge on any atom is -0.493 e. The number of anilines is 1. The second-order valence-electron chi connectivity index (χ2n) is 5.10. The highest BCUT2D eigenvalue weighted by Gasteiger charge is 2.28. The smallest absolute Gasteiger partial charge is 0.230 e. The maximum Gasteiger partial charge on any atom is 0.230 e. The average molecular weight is 275 g/mol. The number of rotatable bonds is 4. The molecule has 1 aromatic rings. The third-order valence-electron chi connectivity index (χ3n) is 3.43. The summed E-state index contributed by atoms with van der Waals surface area (Å²) in [7, 11) is 0. The molecule has 1 aromatic carbocycles. The highest BCUT2D eigenvalue weighted by atomic mass is 16.5. The average Bonchev–Trinajstić information content (AvgIpc) is 2.43. The first-order valence-electron chi connectivity index (χ1n) is 6.94. The SMILES string of the molecule is CCCOc1ccc(N)cc1C1=NC(C)C(C)C(=O)N1. The Morgan fingerprint density at radius 1 is 1.40 bits per heavy atom. The van der Waals surface area contributed by atoms with Crippen molar-refractivity contribution < 1.29 is 9.53 Å². The van der Waals surface area contributed by atoms with Crippen molar-refractivity contribution >= 4 is 17.4 Å².